The van der Waals surface area contributed by atoms with Crippen molar-refractivity contribution in [3.05, 3.63) is 106 Å². The minimum atomic E-state index is -0.253. The number of hydrogen-bond donors (Lipinski definition) is 2. The number of aliphatic hydroxyl groups is 2. The van der Waals surface area contributed by atoms with Crippen molar-refractivity contribution >= 4 is 0 Å². The first kappa shape index (κ1) is 58.9. The van der Waals surface area contributed by atoms with E-state index < -0.39 is 0 Å². The van der Waals surface area contributed by atoms with Crippen LogP contribution in [0.15, 0.2) is 60.7 Å². The Morgan fingerprint density at radius 1 is 0.403 bits per heavy atom. The summed E-state index contributed by atoms with van der Waals surface area (Å²) in [4.78, 5) is 0. The Labute approximate surface area is 416 Å². The lowest BCUT2D eigenvalue weighted by atomic mass is 9.78. The minimum absolute atomic E-state index is 0.253. The lowest BCUT2D eigenvalue weighted by Crippen LogP contribution is -2.15. The smallest absolute Gasteiger partial charge is 0.0580 e. The van der Waals surface area contributed by atoms with E-state index in [4.69, 9.17) is 0 Å². The molecule has 67 heavy (non-hydrogen) atoms. The van der Waals surface area contributed by atoms with E-state index in [9.17, 15) is 10.2 Å². The molecule has 0 bridgehead atoms. The summed E-state index contributed by atoms with van der Waals surface area (Å²) < 4.78 is 0. The van der Waals surface area contributed by atoms with Crippen LogP contribution in [0.25, 0.3) is 0 Å². The first-order valence-electron chi connectivity index (χ1n) is 29.3. The zero-order valence-electron chi connectivity index (χ0n) is 45.0. The molecule has 0 spiro atoms. The summed E-state index contributed by atoms with van der Waals surface area (Å²) in [5, 5.41) is 22.5. The van der Waals surface area contributed by atoms with Crippen molar-refractivity contribution in [2.75, 3.05) is 0 Å². The largest absolute Gasteiger partial charge is 0.393 e. The molecule has 3 aromatic rings. The van der Waals surface area contributed by atoms with Crippen molar-refractivity contribution in [2.45, 2.75) is 291 Å². The van der Waals surface area contributed by atoms with Gasteiger partial charge in [-0.05, 0) is 140 Å². The molecule has 0 amide bonds. The molecule has 0 fully saturated rings. The van der Waals surface area contributed by atoms with Crippen molar-refractivity contribution in [2.24, 2.45) is 11.8 Å². The van der Waals surface area contributed by atoms with Crippen LogP contribution in [0, 0.1) is 17.9 Å². The van der Waals surface area contributed by atoms with Crippen LogP contribution in [-0.4, -0.2) is 22.4 Å². The van der Waals surface area contributed by atoms with Crippen LogP contribution >= 0.6 is 0 Å². The fraction of sp³-hybridized carbons (Fsp3) is 0.723. The topological polar surface area (TPSA) is 40.5 Å². The first-order chi connectivity index (χ1) is 32.8. The molecule has 5 atom stereocenters. The third kappa shape index (κ3) is 28.1. The highest BCUT2D eigenvalue weighted by molar-refractivity contribution is 5.33. The molecular formula is C65H107O2. The number of aliphatic hydroxyl groups excluding tert-OH is 2. The summed E-state index contributed by atoms with van der Waals surface area (Å²) in [5.74, 6) is 1.59. The maximum Gasteiger partial charge on any atom is 0.0580 e. The van der Waals surface area contributed by atoms with Crippen LogP contribution in [0.3, 0.4) is 0 Å². The number of aryl methyl sites for hydroxylation is 2. The second kappa shape index (κ2) is 38.3. The Morgan fingerprint density at radius 3 is 1.24 bits per heavy atom. The standard InChI is InChI=1S/C65H107O2/c1-7-12-16-20-22-26-29-36-56-45-58(49-60(47-56)52-64(66)40-33-24-18-14-9-3)42-54(6)43-63(62-38-31-28-32-39-62)51-55(35-11-5)44-59-46-57(37-30-27-23-21-17-13-8-2)48-61(50-59)53-65(67)41-34-25-19-15-10-4/h28,31-32,38,45-50,54-55,63-67H,7-27,29-30,33-37,40-44,51-53H2,1-6H3. The molecule has 0 saturated heterocycles. The molecule has 0 aromatic heterocycles. The Balaban J connectivity index is 1.79. The zero-order chi connectivity index (χ0) is 48.2. The predicted molar refractivity (Wildman–Crippen MR) is 295 cm³/mol. The van der Waals surface area contributed by atoms with Crippen LogP contribution in [0.1, 0.15) is 279 Å². The van der Waals surface area contributed by atoms with Crippen molar-refractivity contribution in [3.8, 4) is 0 Å². The van der Waals surface area contributed by atoms with Gasteiger partial charge in [0.1, 0.15) is 0 Å². The van der Waals surface area contributed by atoms with Crippen LogP contribution in [0.4, 0.5) is 0 Å². The van der Waals surface area contributed by atoms with Crippen molar-refractivity contribution in [1.82, 2.24) is 0 Å². The maximum atomic E-state index is 11.2. The van der Waals surface area contributed by atoms with Crippen LogP contribution in [0.2, 0.25) is 0 Å². The average molecular weight is 921 g/mol. The molecule has 379 valence electrons. The fourth-order valence-electron chi connectivity index (χ4n) is 11.2. The summed E-state index contributed by atoms with van der Waals surface area (Å²) in [5.41, 5.74) is 9.98. The molecule has 3 rings (SSSR count). The molecule has 2 heteroatoms. The molecule has 3 aromatic carbocycles. The Morgan fingerprint density at radius 2 is 0.806 bits per heavy atom. The zero-order valence-corrected chi connectivity index (χ0v) is 45.0. The highest BCUT2D eigenvalue weighted by atomic mass is 16.3. The highest BCUT2D eigenvalue weighted by Gasteiger charge is 2.22. The molecule has 0 saturated carbocycles. The highest BCUT2D eigenvalue weighted by Crippen LogP contribution is 2.35. The summed E-state index contributed by atoms with van der Waals surface area (Å²) >= 11 is 0. The Kier molecular flexibility index (Phi) is 33.7. The third-order valence-electron chi connectivity index (χ3n) is 14.9. The van der Waals surface area contributed by atoms with Gasteiger partial charge in [-0.2, -0.15) is 0 Å². The number of unbranched alkanes of at least 4 members (excludes halogenated alkanes) is 20. The second-order valence-corrected chi connectivity index (χ2v) is 21.8. The van der Waals surface area contributed by atoms with Crippen LogP contribution in [0.5, 0.6) is 0 Å². The third-order valence-corrected chi connectivity index (χ3v) is 14.9. The van der Waals surface area contributed by atoms with E-state index in [1.807, 2.05) is 0 Å². The summed E-state index contributed by atoms with van der Waals surface area (Å²) in [6.07, 6.45) is 43.3. The van der Waals surface area contributed by atoms with E-state index in [2.05, 4.69) is 108 Å². The Bertz CT molecular complexity index is 1590. The van der Waals surface area contributed by atoms with Crippen molar-refractivity contribution in [1.29, 1.82) is 0 Å². The van der Waals surface area contributed by atoms with Gasteiger partial charge in [0.2, 0.25) is 0 Å². The lowest BCUT2D eigenvalue weighted by Gasteiger charge is -2.27. The summed E-state index contributed by atoms with van der Waals surface area (Å²) in [6, 6.07) is 27.4. The van der Waals surface area contributed by atoms with E-state index >= 15 is 0 Å². The Hall–Kier alpha value is -2.42. The molecule has 0 heterocycles. The molecule has 2 N–H and O–H groups in total. The molecular weight excluding hydrogens is 813 g/mol. The molecule has 0 aliphatic carbocycles. The van der Waals surface area contributed by atoms with Gasteiger partial charge in [0.15, 0.2) is 0 Å². The van der Waals surface area contributed by atoms with E-state index in [1.54, 1.807) is 0 Å². The van der Waals surface area contributed by atoms with Crippen LogP contribution < -0.4 is 0 Å². The van der Waals surface area contributed by atoms with Gasteiger partial charge in [0.25, 0.3) is 0 Å². The lowest BCUT2D eigenvalue weighted by molar-refractivity contribution is 0.160. The van der Waals surface area contributed by atoms with E-state index in [-0.39, 0.29) is 12.2 Å². The first-order valence-corrected chi connectivity index (χ1v) is 29.3. The van der Waals surface area contributed by atoms with Gasteiger partial charge < -0.3 is 10.2 Å². The normalized spacial score (nSPS) is 14.0. The monoisotopic (exact) mass is 920 g/mol. The number of hydrogen-bond acceptors (Lipinski definition) is 2. The van der Waals surface area contributed by atoms with Crippen molar-refractivity contribution in [3.63, 3.8) is 0 Å². The van der Waals surface area contributed by atoms with E-state index in [1.165, 1.54) is 199 Å². The molecule has 5 unspecified atom stereocenters. The van der Waals surface area contributed by atoms with Gasteiger partial charge in [-0.25, -0.2) is 0 Å². The molecule has 0 aliphatic heterocycles. The molecule has 0 aliphatic rings. The number of rotatable bonds is 43. The van der Waals surface area contributed by atoms with Crippen LogP contribution in [-0.2, 0) is 38.5 Å². The number of benzene rings is 3. The predicted octanol–water partition coefficient (Wildman–Crippen LogP) is 19.0. The average Bonchev–Trinajstić information content (AvgIpc) is 3.31. The van der Waals surface area contributed by atoms with E-state index in [0.717, 1.165) is 70.6 Å². The quantitative estimate of drug-likeness (QED) is 0.0555. The molecule has 2 nitrogen and oxygen atoms in total. The van der Waals surface area contributed by atoms with Gasteiger partial charge >= 0.3 is 0 Å². The fourth-order valence-corrected chi connectivity index (χ4v) is 11.2. The van der Waals surface area contributed by atoms with E-state index in [0.29, 0.717) is 17.8 Å². The van der Waals surface area contributed by atoms with Gasteiger partial charge in [0.05, 0.1) is 12.2 Å². The maximum absolute atomic E-state index is 11.2. The molecule has 1 radical (unpaired) electrons. The van der Waals surface area contributed by atoms with Gasteiger partial charge in [-0.1, -0.05) is 256 Å². The minimum Gasteiger partial charge on any atom is -0.393 e. The SMILES string of the molecule is CCCCCCCCCc1cc(CC(C)CC(CC(CCC)Cc2cc(CCCCCCCCC)cc(CC(O)CCCCCCC)c2)c2[c]cccc2)cc(CC(O)CCCCCCC)c1. The van der Waals surface area contributed by atoms with Crippen molar-refractivity contribution < 1.29 is 10.2 Å². The summed E-state index contributed by atoms with van der Waals surface area (Å²) in [6.45, 7) is 14.0. The second-order valence-electron chi connectivity index (χ2n) is 21.8. The van der Waals surface area contributed by atoms with Gasteiger partial charge in [0, 0.05) is 0 Å². The van der Waals surface area contributed by atoms with Gasteiger partial charge in [-0.3, -0.25) is 0 Å². The summed E-state index contributed by atoms with van der Waals surface area (Å²) in [7, 11) is 0. The van der Waals surface area contributed by atoms with Gasteiger partial charge in [-0.15, -0.1) is 0 Å².